The zero-order chi connectivity index (χ0) is 16.0. The van der Waals surface area contributed by atoms with Gasteiger partial charge in [0.15, 0.2) is 0 Å². The summed E-state index contributed by atoms with van der Waals surface area (Å²) in [5, 5.41) is 3.31. The highest BCUT2D eigenvalue weighted by molar-refractivity contribution is 6.30. The molecule has 3 atom stereocenters. The lowest BCUT2D eigenvalue weighted by molar-refractivity contribution is -0.124. The molecule has 2 amide bonds. The van der Waals surface area contributed by atoms with E-state index in [9.17, 15) is 9.59 Å². The zero-order valence-corrected chi connectivity index (χ0v) is 14.3. The molecule has 124 valence electrons. The Morgan fingerprint density at radius 1 is 1.36 bits per heavy atom. The predicted molar refractivity (Wildman–Crippen MR) is 90.8 cm³/mol. The molecule has 0 aliphatic carbocycles. The number of hydrogen-bond acceptors (Lipinski definition) is 3. The molecule has 0 bridgehead atoms. The Hall–Kier alpha value is -1.30. The average molecular weight is 348 g/mol. The third kappa shape index (κ3) is 6.22. The van der Waals surface area contributed by atoms with Crippen molar-refractivity contribution in [3.8, 4) is 0 Å². The molecule has 5 nitrogen and oxygen atoms in total. The summed E-state index contributed by atoms with van der Waals surface area (Å²) in [6.07, 6.45) is 0.797. The molecule has 0 aromatic heterocycles. The number of benzene rings is 1. The van der Waals surface area contributed by atoms with Crippen LogP contribution in [0.1, 0.15) is 38.3 Å². The largest absolute Gasteiger partial charge is 0.370 e. The minimum Gasteiger partial charge on any atom is -0.370 e. The number of carbonyl (C=O) groups excluding carboxylic acids is 2. The second kappa shape index (κ2) is 9.66. The second-order valence-corrected chi connectivity index (χ2v) is 5.63. The summed E-state index contributed by atoms with van der Waals surface area (Å²) >= 11 is 5.94. The van der Waals surface area contributed by atoms with E-state index < -0.39 is 18.0 Å². The maximum absolute atomic E-state index is 12.2. The van der Waals surface area contributed by atoms with Crippen LogP contribution in [0.5, 0.6) is 0 Å². The van der Waals surface area contributed by atoms with Gasteiger partial charge in [0.2, 0.25) is 11.8 Å². The molecular formula is C15H23Cl2N3O2. The molecule has 0 radical (unpaired) electrons. The summed E-state index contributed by atoms with van der Waals surface area (Å²) in [6, 6.07) is 5.82. The van der Waals surface area contributed by atoms with Crippen LogP contribution in [0.15, 0.2) is 24.3 Å². The highest BCUT2D eigenvalue weighted by atomic mass is 35.5. The Labute approximate surface area is 142 Å². The van der Waals surface area contributed by atoms with Gasteiger partial charge in [-0.15, -0.1) is 12.4 Å². The fourth-order valence-corrected chi connectivity index (χ4v) is 2.16. The van der Waals surface area contributed by atoms with Gasteiger partial charge in [-0.1, -0.05) is 44.0 Å². The van der Waals surface area contributed by atoms with Crippen LogP contribution in [0.2, 0.25) is 5.02 Å². The van der Waals surface area contributed by atoms with Gasteiger partial charge in [-0.2, -0.15) is 0 Å². The van der Waals surface area contributed by atoms with E-state index in [0.29, 0.717) is 5.02 Å². The van der Waals surface area contributed by atoms with Crippen molar-refractivity contribution < 1.29 is 9.59 Å². The number of halogens is 2. The molecule has 5 N–H and O–H groups in total. The van der Waals surface area contributed by atoms with Gasteiger partial charge in [-0.3, -0.25) is 9.59 Å². The molecule has 0 fully saturated rings. The highest BCUT2D eigenvalue weighted by Gasteiger charge is 2.24. The third-order valence-electron chi connectivity index (χ3n) is 3.53. The topological polar surface area (TPSA) is 98.2 Å². The van der Waals surface area contributed by atoms with E-state index in [0.717, 1.165) is 12.0 Å². The van der Waals surface area contributed by atoms with E-state index in [1.165, 1.54) is 0 Å². The fraction of sp³-hybridized carbons (Fsp3) is 0.467. The number of nitrogens with one attached hydrogen (secondary N) is 1. The van der Waals surface area contributed by atoms with E-state index in [1.54, 1.807) is 24.3 Å². The van der Waals surface area contributed by atoms with Crippen LogP contribution in [0.4, 0.5) is 0 Å². The van der Waals surface area contributed by atoms with Crippen LogP contribution in [-0.2, 0) is 9.59 Å². The number of amides is 2. The molecule has 2 unspecified atom stereocenters. The van der Waals surface area contributed by atoms with Crippen molar-refractivity contribution in [3.05, 3.63) is 34.9 Å². The molecule has 1 rings (SSSR count). The summed E-state index contributed by atoms with van der Waals surface area (Å²) in [7, 11) is 0. The lowest BCUT2D eigenvalue weighted by atomic mass is 9.97. The molecule has 0 heterocycles. The van der Waals surface area contributed by atoms with E-state index >= 15 is 0 Å². The van der Waals surface area contributed by atoms with Gasteiger partial charge in [0.05, 0.1) is 18.5 Å². The third-order valence-corrected chi connectivity index (χ3v) is 3.77. The molecule has 0 saturated carbocycles. The lowest BCUT2D eigenvalue weighted by Gasteiger charge is -2.23. The molecule has 1 aromatic rings. The van der Waals surface area contributed by atoms with Crippen LogP contribution < -0.4 is 16.8 Å². The lowest BCUT2D eigenvalue weighted by Crippen LogP contribution is -2.46. The first-order chi connectivity index (χ1) is 9.85. The molecular weight excluding hydrogens is 325 g/mol. The smallest absolute Gasteiger partial charge is 0.237 e. The van der Waals surface area contributed by atoms with Gasteiger partial charge in [0, 0.05) is 5.02 Å². The summed E-state index contributed by atoms with van der Waals surface area (Å²) in [4.78, 5) is 23.4. The average Bonchev–Trinajstić information content (AvgIpc) is 2.44. The van der Waals surface area contributed by atoms with Crippen LogP contribution >= 0.6 is 24.0 Å². The monoisotopic (exact) mass is 347 g/mol. The van der Waals surface area contributed by atoms with E-state index in [2.05, 4.69) is 5.32 Å². The predicted octanol–water partition coefficient (Wildman–Crippen LogP) is 2.17. The number of carbonyl (C=O) groups is 2. The first kappa shape index (κ1) is 20.7. The molecule has 0 spiro atoms. The first-order valence-electron chi connectivity index (χ1n) is 6.94. The molecule has 0 aliphatic heterocycles. The Morgan fingerprint density at radius 3 is 2.50 bits per heavy atom. The van der Waals surface area contributed by atoms with Gasteiger partial charge in [-0.25, -0.2) is 0 Å². The Balaban J connectivity index is 0.00000441. The number of rotatable bonds is 7. The van der Waals surface area contributed by atoms with Crippen molar-refractivity contribution in [1.82, 2.24) is 5.32 Å². The molecule has 0 saturated heterocycles. The molecule has 1 aromatic carbocycles. The van der Waals surface area contributed by atoms with Crippen LogP contribution in [0.3, 0.4) is 0 Å². The number of primary amides is 1. The van der Waals surface area contributed by atoms with E-state index in [-0.39, 0.29) is 30.7 Å². The highest BCUT2D eigenvalue weighted by Crippen LogP contribution is 2.21. The van der Waals surface area contributed by atoms with Gasteiger partial charge in [0.1, 0.15) is 0 Å². The molecule has 7 heteroatoms. The SMILES string of the molecule is CCC(C)C(N)C(=O)N[C@H](CC(N)=O)c1cccc(Cl)c1.Cl. The van der Waals surface area contributed by atoms with Crippen molar-refractivity contribution >= 4 is 35.8 Å². The summed E-state index contributed by atoms with van der Waals surface area (Å²) in [5.41, 5.74) is 11.9. The van der Waals surface area contributed by atoms with Crippen molar-refractivity contribution in [2.75, 3.05) is 0 Å². The second-order valence-electron chi connectivity index (χ2n) is 5.20. The maximum Gasteiger partial charge on any atom is 0.237 e. The van der Waals surface area contributed by atoms with Crippen LogP contribution in [-0.4, -0.2) is 17.9 Å². The summed E-state index contributed by atoms with van der Waals surface area (Å²) < 4.78 is 0. The van der Waals surface area contributed by atoms with Crippen molar-refractivity contribution in [1.29, 1.82) is 0 Å². The standard InChI is InChI=1S/C15H22ClN3O2.ClH/c1-3-9(2)14(18)15(21)19-12(8-13(17)20)10-5-4-6-11(16)7-10;/h4-7,9,12,14H,3,8,18H2,1-2H3,(H2,17,20)(H,19,21);1H/t9?,12-,14?;/m1./s1. The normalized spacial score (nSPS) is 14.4. The summed E-state index contributed by atoms with van der Waals surface area (Å²) in [5.74, 6) is -0.744. The number of hydrogen-bond donors (Lipinski definition) is 3. The van der Waals surface area contributed by atoms with Crippen LogP contribution in [0.25, 0.3) is 0 Å². The van der Waals surface area contributed by atoms with Crippen molar-refractivity contribution in [2.24, 2.45) is 17.4 Å². The van der Waals surface area contributed by atoms with E-state index in [4.69, 9.17) is 23.1 Å². The van der Waals surface area contributed by atoms with E-state index in [1.807, 2.05) is 13.8 Å². The van der Waals surface area contributed by atoms with Gasteiger partial charge >= 0.3 is 0 Å². The maximum atomic E-state index is 12.2. The Bertz CT molecular complexity index is 511. The van der Waals surface area contributed by atoms with Crippen molar-refractivity contribution in [3.63, 3.8) is 0 Å². The van der Waals surface area contributed by atoms with Gasteiger partial charge in [-0.05, 0) is 23.6 Å². The van der Waals surface area contributed by atoms with Gasteiger partial charge < -0.3 is 16.8 Å². The zero-order valence-electron chi connectivity index (χ0n) is 12.7. The molecule has 0 aliphatic rings. The van der Waals surface area contributed by atoms with Crippen molar-refractivity contribution in [2.45, 2.75) is 38.8 Å². The minimum atomic E-state index is -0.621. The fourth-order valence-electron chi connectivity index (χ4n) is 1.96. The number of nitrogens with two attached hydrogens (primary N) is 2. The first-order valence-corrected chi connectivity index (χ1v) is 7.32. The molecule has 22 heavy (non-hydrogen) atoms. The van der Waals surface area contributed by atoms with Gasteiger partial charge in [0.25, 0.3) is 0 Å². The summed E-state index contributed by atoms with van der Waals surface area (Å²) in [6.45, 7) is 3.88. The van der Waals surface area contributed by atoms with Crippen LogP contribution in [0, 0.1) is 5.92 Å². The minimum absolute atomic E-state index is 0. The Kier molecular flexibility index (Phi) is 9.09. The quantitative estimate of drug-likeness (QED) is 0.704. The Morgan fingerprint density at radius 2 is 2.00 bits per heavy atom.